The Kier molecular flexibility index (Phi) is 3.43. The summed E-state index contributed by atoms with van der Waals surface area (Å²) in [6, 6.07) is 4.37. The van der Waals surface area contributed by atoms with Gasteiger partial charge in [0, 0.05) is 33.1 Å². The molecular formula is C13H14BrIN2. The van der Waals surface area contributed by atoms with E-state index in [4.69, 9.17) is 4.99 Å². The van der Waals surface area contributed by atoms with Crippen molar-refractivity contribution in [3.05, 3.63) is 25.7 Å². The Hall–Kier alpha value is -0.100. The van der Waals surface area contributed by atoms with Crippen LogP contribution in [-0.4, -0.2) is 17.3 Å². The fourth-order valence-electron chi connectivity index (χ4n) is 2.52. The number of rotatable bonds is 0. The molecule has 0 aliphatic carbocycles. The normalized spacial score (nSPS) is 19.2. The summed E-state index contributed by atoms with van der Waals surface area (Å²) in [7, 11) is 0. The van der Waals surface area contributed by atoms with Crippen LogP contribution in [0.2, 0.25) is 0 Å². The van der Waals surface area contributed by atoms with Gasteiger partial charge >= 0.3 is 0 Å². The zero-order chi connectivity index (χ0) is 11.8. The Balaban J connectivity index is 2.05. The number of aliphatic imine (C=N–C) groups is 1. The van der Waals surface area contributed by atoms with Crippen molar-refractivity contribution < 1.29 is 0 Å². The van der Waals surface area contributed by atoms with E-state index in [-0.39, 0.29) is 0 Å². The number of benzene rings is 1. The Morgan fingerprint density at radius 3 is 3.00 bits per heavy atom. The summed E-state index contributed by atoms with van der Waals surface area (Å²) < 4.78 is 2.45. The molecule has 0 atom stereocenters. The summed E-state index contributed by atoms with van der Waals surface area (Å²) in [6.07, 6.45) is 5.07. The average molecular weight is 405 g/mol. The van der Waals surface area contributed by atoms with Gasteiger partial charge in [0.2, 0.25) is 0 Å². The quantitative estimate of drug-likeness (QED) is 0.582. The van der Waals surface area contributed by atoms with E-state index in [1.54, 1.807) is 0 Å². The first-order valence-corrected chi connectivity index (χ1v) is 7.91. The van der Waals surface area contributed by atoms with Gasteiger partial charge in [-0.15, -0.1) is 0 Å². The van der Waals surface area contributed by atoms with Crippen LogP contribution < -0.4 is 0 Å². The topological polar surface area (TPSA) is 15.6 Å². The number of nitrogens with zero attached hydrogens (tertiary/aromatic N) is 2. The highest BCUT2D eigenvalue weighted by Gasteiger charge is 2.22. The molecule has 1 fully saturated rings. The molecule has 4 heteroatoms. The van der Waals surface area contributed by atoms with Crippen LogP contribution in [0.15, 0.2) is 21.6 Å². The van der Waals surface area contributed by atoms with E-state index in [1.807, 2.05) is 0 Å². The lowest BCUT2D eigenvalue weighted by atomic mass is 10.1. The first-order chi connectivity index (χ1) is 8.24. The minimum absolute atomic E-state index is 1.02. The second-order valence-electron chi connectivity index (χ2n) is 4.65. The molecule has 2 aliphatic rings. The standard InChI is InChI=1S/C13H14BrIN2/c14-11-6-9(15)7-12-10(11)8-17-5-3-1-2-4-13(17)16-12/h6-7H,1-5,8H2. The highest BCUT2D eigenvalue weighted by Crippen LogP contribution is 2.35. The van der Waals surface area contributed by atoms with Crippen LogP contribution in [0.1, 0.15) is 31.2 Å². The van der Waals surface area contributed by atoms with Crippen molar-refractivity contribution in [2.24, 2.45) is 4.99 Å². The van der Waals surface area contributed by atoms with Gasteiger partial charge in [-0.2, -0.15) is 0 Å². The summed E-state index contributed by atoms with van der Waals surface area (Å²) in [6.45, 7) is 2.18. The van der Waals surface area contributed by atoms with Crippen molar-refractivity contribution in [3.8, 4) is 0 Å². The molecule has 2 nitrogen and oxygen atoms in total. The van der Waals surface area contributed by atoms with Crippen molar-refractivity contribution >= 4 is 50.0 Å². The number of halogens is 2. The molecule has 1 aromatic rings. The highest BCUT2D eigenvalue weighted by atomic mass is 127. The molecule has 0 bridgehead atoms. The Morgan fingerprint density at radius 2 is 2.12 bits per heavy atom. The maximum atomic E-state index is 4.86. The zero-order valence-electron chi connectivity index (χ0n) is 9.55. The van der Waals surface area contributed by atoms with Gasteiger partial charge in [-0.05, 0) is 47.6 Å². The second-order valence-corrected chi connectivity index (χ2v) is 6.75. The number of amidine groups is 1. The predicted molar refractivity (Wildman–Crippen MR) is 82.8 cm³/mol. The number of hydrogen-bond acceptors (Lipinski definition) is 2. The predicted octanol–water partition coefficient (Wildman–Crippen LogP) is 4.47. The van der Waals surface area contributed by atoms with Crippen molar-refractivity contribution in [1.82, 2.24) is 4.90 Å². The van der Waals surface area contributed by atoms with Crippen LogP contribution in [0.5, 0.6) is 0 Å². The Bertz CT molecular complexity index is 485. The third-order valence-corrected chi connectivity index (χ3v) is 4.76. The molecule has 0 spiro atoms. The van der Waals surface area contributed by atoms with Crippen LogP contribution in [0, 0.1) is 3.57 Å². The molecular weight excluding hydrogens is 391 g/mol. The fourth-order valence-corrected chi connectivity index (χ4v) is 4.13. The van der Waals surface area contributed by atoms with Crippen LogP contribution in [-0.2, 0) is 6.54 Å². The second kappa shape index (κ2) is 4.88. The van der Waals surface area contributed by atoms with E-state index in [0.29, 0.717) is 0 Å². The molecule has 3 rings (SSSR count). The molecule has 2 aliphatic heterocycles. The zero-order valence-corrected chi connectivity index (χ0v) is 13.3. The molecule has 0 saturated carbocycles. The van der Waals surface area contributed by atoms with Crippen molar-refractivity contribution in [2.45, 2.75) is 32.2 Å². The van der Waals surface area contributed by atoms with Gasteiger partial charge in [-0.3, -0.25) is 0 Å². The van der Waals surface area contributed by atoms with Gasteiger partial charge < -0.3 is 4.90 Å². The van der Waals surface area contributed by atoms with Gasteiger partial charge in [0.25, 0.3) is 0 Å². The first-order valence-electron chi connectivity index (χ1n) is 6.04. The van der Waals surface area contributed by atoms with E-state index in [2.05, 4.69) is 55.6 Å². The van der Waals surface area contributed by atoms with E-state index in [9.17, 15) is 0 Å². The highest BCUT2D eigenvalue weighted by molar-refractivity contribution is 14.1. The molecule has 0 aromatic heterocycles. The van der Waals surface area contributed by atoms with E-state index >= 15 is 0 Å². The summed E-state index contributed by atoms with van der Waals surface area (Å²) in [5, 5.41) is 0. The largest absolute Gasteiger partial charge is 0.356 e. The summed E-state index contributed by atoms with van der Waals surface area (Å²) in [4.78, 5) is 7.31. The molecule has 0 N–H and O–H groups in total. The SMILES string of the molecule is Brc1cc(I)cc2c1CN1CCCCCC1=N2. The number of fused-ring (bicyclic) bond motifs is 2. The fraction of sp³-hybridized carbons (Fsp3) is 0.462. The molecule has 2 heterocycles. The van der Waals surface area contributed by atoms with Crippen LogP contribution in [0.3, 0.4) is 0 Å². The third kappa shape index (κ3) is 2.38. The van der Waals surface area contributed by atoms with Crippen LogP contribution in [0.4, 0.5) is 5.69 Å². The summed E-state index contributed by atoms with van der Waals surface area (Å²) in [5.41, 5.74) is 2.51. The third-order valence-electron chi connectivity index (χ3n) is 3.43. The average Bonchev–Trinajstić information content (AvgIpc) is 2.51. The lowest BCUT2D eigenvalue weighted by Crippen LogP contribution is -2.32. The first kappa shape index (κ1) is 12.0. The van der Waals surface area contributed by atoms with E-state index < -0.39 is 0 Å². The maximum Gasteiger partial charge on any atom is 0.105 e. The molecule has 17 heavy (non-hydrogen) atoms. The molecule has 1 saturated heterocycles. The van der Waals surface area contributed by atoms with E-state index in [1.165, 1.54) is 38.7 Å². The molecule has 0 unspecified atom stereocenters. The van der Waals surface area contributed by atoms with Crippen molar-refractivity contribution in [2.75, 3.05) is 6.54 Å². The number of hydrogen-bond donors (Lipinski definition) is 0. The van der Waals surface area contributed by atoms with Gasteiger partial charge in [-0.25, -0.2) is 4.99 Å². The summed E-state index contributed by atoms with van der Waals surface area (Å²) in [5.74, 6) is 1.30. The molecule has 1 aromatic carbocycles. The van der Waals surface area contributed by atoms with Gasteiger partial charge in [0.05, 0.1) is 5.69 Å². The monoisotopic (exact) mass is 404 g/mol. The smallest absolute Gasteiger partial charge is 0.105 e. The van der Waals surface area contributed by atoms with E-state index in [0.717, 1.165) is 25.2 Å². The van der Waals surface area contributed by atoms with Crippen molar-refractivity contribution in [1.29, 1.82) is 0 Å². The minimum Gasteiger partial charge on any atom is -0.356 e. The molecule has 0 amide bonds. The Morgan fingerprint density at radius 1 is 1.24 bits per heavy atom. The van der Waals surface area contributed by atoms with Gasteiger partial charge in [0.1, 0.15) is 5.84 Å². The van der Waals surface area contributed by atoms with Crippen LogP contribution >= 0.6 is 38.5 Å². The van der Waals surface area contributed by atoms with Gasteiger partial charge in [0.15, 0.2) is 0 Å². The summed E-state index contributed by atoms with van der Waals surface area (Å²) >= 11 is 6.02. The Labute approximate surface area is 124 Å². The lowest BCUT2D eigenvalue weighted by molar-refractivity contribution is 0.402. The van der Waals surface area contributed by atoms with Crippen molar-refractivity contribution in [3.63, 3.8) is 0 Å². The van der Waals surface area contributed by atoms with Gasteiger partial charge in [-0.1, -0.05) is 22.4 Å². The van der Waals surface area contributed by atoms with Crippen LogP contribution in [0.25, 0.3) is 0 Å². The lowest BCUT2D eigenvalue weighted by Gasteiger charge is -2.29. The molecule has 0 radical (unpaired) electrons. The maximum absolute atomic E-state index is 4.86. The molecule has 90 valence electrons. The minimum atomic E-state index is 1.02.